The van der Waals surface area contributed by atoms with E-state index in [1.54, 1.807) is 0 Å². The number of rotatable bonds is 5. The fourth-order valence-corrected chi connectivity index (χ4v) is 3.09. The first-order valence-electron chi connectivity index (χ1n) is 8.78. The highest BCUT2D eigenvalue weighted by Gasteiger charge is 2.27. The van der Waals surface area contributed by atoms with E-state index in [0.717, 1.165) is 37.1 Å². The van der Waals surface area contributed by atoms with Crippen molar-refractivity contribution in [1.29, 1.82) is 0 Å². The highest BCUT2D eigenvalue weighted by Crippen LogP contribution is 2.21. The van der Waals surface area contributed by atoms with Crippen LogP contribution in [0.15, 0.2) is 30.3 Å². The summed E-state index contributed by atoms with van der Waals surface area (Å²) in [4.78, 5) is 29.4. The van der Waals surface area contributed by atoms with Crippen molar-refractivity contribution in [2.75, 3.05) is 0 Å². The van der Waals surface area contributed by atoms with E-state index in [9.17, 15) is 9.59 Å². The minimum atomic E-state index is -0.224. The van der Waals surface area contributed by atoms with Crippen molar-refractivity contribution in [3.63, 3.8) is 0 Å². The molecule has 25 heavy (non-hydrogen) atoms. The van der Waals surface area contributed by atoms with Crippen molar-refractivity contribution in [2.45, 2.75) is 52.2 Å². The molecule has 2 heterocycles. The number of carbonyl (C=O) groups is 2. The molecule has 2 amide bonds. The summed E-state index contributed by atoms with van der Waals surface area (Å²) in [5.74, 6) is -0.105. The summed E-state index contributed by atoms with van der Waals surface area (Å²) in [6, 6.07) is 9.77. The number of aromatic nitrogens is 2. The normalized spacial score (nSPS) is 13.4. The van der Waals surface area contributed by atoms with E-state index in [1.807, 2.05) is 48.7 Å². The third-order valence-corrected chi connectivity index (χ3v) is 4.25. The Balaban J connectivity index is 1.81. The molecule has 6 nitrogen and oxygen atoms in total. The predicted molar refractivity (Wildman–Crippen MR) is 95.4 cm³/mol. The Labute approximate surface area is 147 Å². The van der Waals surface area contributed by atoms with Crippen LogP contribution < -0.4 is 10.6 Å². The Morgan fingerprint density at radius 2 is 1.92 bits per heavy atom. The number of carbonyl (C=O) groups excluding carboxylic acids is 2. The first kappa shape index (κ1) is 17.2. The fourth-order valence-electron chi connectivity index (χ4n) is 3.09. The van der Waals surface area contributed by atoms with Crippen LogP contribution in [0.3, 0.4) is 0 Å². The molecule has 0 atom stereocenters. The van der Waals surface area contributed by atoms with Gasteiger partial charge in [0, 0.05) is 19.1 Å². The first-order valence-corrected chi connectivity index (χ1v) is 8.78. The maximum absolute atomic E-state index is 12.6. The van der Waals surface area contributed by atoms with Crippen LogP contribution in [0, 0.1) is 0 Å². The van der Waals surface area contributed by atoms with Crippen molar-refractivity contribution in [3.8, 4) is 0 Å². The highest BCUT2D eigenvalue weighted by molar-refractivity contribution is 5.97. The van der Waals surface area contributed by atoms with Crippen LogP contribution >= 0.6 is 0 Å². The zero-order chi connectivity index (χ0) is 17.8. The van der Waals surface area contributed by atoms with E-state index in [1.165, 1.54) is 0 Å². The smallest absolute Gasteiger partial charge is 0.287 e. The third kappa shape index (κ3) is 3.90. The van der Waals surface area contributed by atoms with Gasteiger partial charge in [-0.25, -0.2) is 4.98 Å². The van der Waals surface area contributed by atoms with Crippen molar-refractivity contribution < 1.29 is 9.59 Å². The largest absolute Gasteiger partial charge is 0.347 e. The van der Waals surface area contributed by atoms with Crippen molar-refractivity contribution in [3.05, 3.63) is 53.1 Å². The summed E-state index contributed by atoms with van der Waals surface area (Å²) in [5.41, 5.74) is 2.27. The maximum atomic E-state index is 12.6. The Bertz CT molecular complexity index is 765. The third-order valence-electron chi connectivity index (χ3n) is 4.25. The molecule has 0 saturated carbocycles. The van der Waals surface area contributed by atoms with Gasteiger partial charge in [-0.15, -0.1) is 0 Å². The van der Waals surface area contributed by atoms with Crippen LogP contribution in [0.1, 0.15) is 59.1 Å². The van der Waals surface area contributed by atoms with Gasteiger partial charge >= 0.3 is 0 Å². The first-order chi connectivity index (χ1) is 12.1. The highest BCUT2D eigenvalue weighted by atomic mass is 16.2. The number of nitrogens with zero attached hydrogens (tertiary/aromatic N) is 2. The van der Waals surface area contributed by atoms with Crippen LogP contribution in [-0.4, -0.2) is 27.4 Å². The lowest BCUT2D eigenvalue weighted by Crippen LogP contribution is -2.33. The summed E-state index contributed by atoms with van der Waals surface area (Å²) in [6.07, 6.45) is 2.78. The minimum Gasteiger partial charge on any atom is -0.347 e. The predicted octanol–water partition coefficient (Wildman–Crippen LogP) is 2.29. The van der Waals surface area contributed by atoms with E-state index in [4.69, 9.17) is 0 Å². The number of nitrogens with one attached hydrogen (secondary N) is 2. The molecule has 3 rings (SSSR count). The molecule has 1 aromatic carbocycles. The summed E-state index contributed by atoms with van der Waals surface area (Å²) < 4.78 is 1.90. The molecule has 2 N–H and O–H groups in total. The second kappa shape index (κ2) is 7.51. The van der Waals surface area contributed by atoms with Gasteiger partial charge in [-0.2, -0.15) is 0 Å². The van der Waals surface area contributed by atoms with Crippen LogP contribution in [0.25, 0.3) is 0 Å². The average molecular weight is 340 g/mol. The van der Waals surface area contributed by atoms with Gasteiger partial charge < -0.3 is 15.2 Å². The lowest BCUT2D eigenvalue weighted by molar-refractivity contribution is 0.0927. The number of hydrogen-bond donors (Lipinski definition) is 2. The molecule has 0 bridgehead atoms. The monoisotopic (exact) mass is 340 g/mol. The topological polar surface area (TPSA) is 76.0 Å². The lowest BCUT2D eigenvalue weighted by Gasteiger charge is -2.17. The van der Waals surface area contributed by atoms with Gasteiger partial charge in [0.2, 0.25) is 0 Å². The van der Waals surface area contributed by atoms with Gasteiger partial charge in [-0.3, -0.25) is 9.59 Å². The zero-order valence-corrected chi connectivity index (χ0v) is 14.7. The summed E-state index contributed by atoms with van der Waals surface area (Å²) in [5, 5.41) is 5.78. The molecular weight excluding hydrogens is 316 g/mol. The molecule has 1 aliphatic heterocycles. The molecular formula is C19H24N4O2. The van der Waals surface area contributed by atoms with Crippen molar-refractivity contribution in [1.82, 2.24) is 20.2 Å². The number of benzene rings is 1. The molecule has 0 spiro atoms. The Morgan fingerprint density at radius 3 is 2.64 bits per heavy atom. The lowest BCUT2D eigenvalue weighted by atomic mass is 10.1. The number of hydrogen-bond acceptors (Lipinski definition) is 3. The molecule has 6 heteroatoms. The van der Waals surface area contributed by atoms with Gasteiger partial charge in [0.05, 0.1) is 5.69 Å². The molecule has 2 aromatic rings. The van der Waals surface area contributed by atoms with Gasteiger partial charge in [-0.1, -0.05) is 30.3 Å². The number of fused-ring (bicyclic) bond motifs is 1. The molecule has 0 aliphatic carbocycles. The maximum Gasteiger partial charge on any atom is 0.287 e. The zero-order valence-electron chi connectivity index (χ0n) is 14.7. The molecule has 0 fully saturated rings. The van der Waals surface area contributed by atoms with E-state index in [0.29, 0.717) is 18.1 Å². The fraction of sp³-hybridized carbons (Fsp3) is 0.421. The van der Waals surface area contributed by atoms with Crippen LogP contribution in [0.4, 0.5) is 0 Å². The van der Waals surface area contributed by atoms with E-state index in [2.05, 4.69) is 15.6 Å². The average Bonchev–Trinajstić information content (AvgIpc) is 3.00. The molecule has 132 valence electrons. The quantitative estimate of drug-likeness (QED) is 0.877. The van der Waals surface area contributed by atoms with Gasteiger partial charge in [0.15, 0.2) is 5.82 Å². The Kier molecular flexibility index (Phi) is 5.16. The Hall–Kier alpha value is -2.63. The number of imidazole rings is 1. The standard InChI is InChI=1S/C19H24N4O2/c1-13(2)21-19(25)17-22-16(15-10-6-7-11-23(15)17)18(24)20-12-14-8-4-3-5-9-14/h3-5,8-9,13H,6-7,10-12H2,1-2H3,(H,20,24)(H,21,25). The molecule has 1 aromatic heterocycles. The number of amides is 2. The summed E-state index contributed by atoms with van der Waals surface area (Å²) >= 11 is 0. The Morgan fingerprint density at radius 1 is 1.16 bits per heavy atom. The molecule has 1 aliphatic rings. The van der Waals surface area contributed by atoms with Crippen LogP contribution in [-0.2, 0) is 19.5 Å². The van der Waals surface area contributed by atoms with Gasteiger partial charge in [0.1, 0.15) is 5.69 Å². The van der Waals surface area contributed by atoms with Gasteiger partial charge in [0.25, 0.3) is 11.8 Å². The van der Waals surface area contributed by atoms with Crippen LogP contribution in [0.2, 0.25) is 0 Å². The minimum absolute atomic E-state index is 0.0272. The van der Waals surface area contributed by atoms with E-state index in [-0.39, 0.29) is 17.9 Å². The SMILES string of the molecule is CC(C)NC(=O)c1nc(C(=O)NCc2ccccc2)c2n1CCCC2. The van der Waals surface area contributed by atoms with Crippen LogP contribution in [0.5, 0.6) is 0 Å². The second-order valence-corrected chi connectivity index (χ2v) is 6.64. The molecule has 0 radical (unpaired) electrons. The summed E-state index contributed by atoms with van der Waals surface area (Å²) in [6.45, 7) is 4.99. The van der Waals surface area contributed by atoms with E-state index >= 15 is 0 Å². The molecule has 0 unspecified atom stereocenters. The second-order valence-electron chi connectivity index (χ2n) is 6.64. The molecule has 0 saturated heterocycles. The van der Waals surface area contributed by atoms with E-state index < -0.39 is 0 Å². The van der Waals surface area contributed by atoms with Crippen molar-refractivity contribution in [2.24, 2.45) is 0 Å². The van der Waals surface area contributed by atoms with Crippen molar-refractivity contribution >= 4 is 11.8 Å². The summed E-state index contributed by atoms with van der Waals surface area (Å²) in [7, 11) is 0. The van der Waals surface area contributed by atoms with Gasteiger partial charge in [-0.05, 0) is 38.7 Å².